The number of aromatic nitrogens is 1. The molecule has 3 N–H and O–H groups in total. The number of piperidine rings is 1. The van der Waals surface area contributed by atoms with Crippen LogP contribution in [0.25, 0.3) is 11.3 Å². The third-order valence-corrected chi connectivity index (χ3v) is 11.0. The first-order valence-corrected chi connectivity index (χ1v) is 19.1. The van der Waals surface area contributed by atoms with Crippen molar-refractivity contribution in [3.8, 4) is 17.0 Å². The summed E-state index contributed by atoms with van der Waals surface area (Å²) in [6.07, 6.45) is 2.93. The van der Waals surface area contributed by atoms with Crippen LogP contribution in [0.5, 0.6) is 5.75 Å². The Morgan fingerprint density at radius 1 is 0.909 bits per heavy atom. The summed E-state index contributed by atoms with van der Waals surface area (Å²) in [5, 5.41) is 8.63. The van der Waals surface area contributed by atoms with E-state index in [4.69, 9.17) is 9.47 Å². The van der Waals surface area contributed by atoms with Crippen molar-refractivity contribution in [1.29, 1.82) is 0 Å². The molecule has 1 unspecified atom stereocenters. The van der Waals surface area contributed by atoms with Crippen molar-refractivity contribution in [3.63, 3.8) is 0 Å². The topological polar surface area (TPSA) is 176 Å². The molecule has 1 aromatic heterocycles. The summed E-state index contributed by atoms with van der Waals surface area (Å²) in [4.78, 5) is 84.1. The van der Waals surface area contributed by atoms with Gasteiger partial charge in [-0.05, 0) is 80.6 Å². The number of nitrogens with one attached hydrogen (secondary N) is 3. The van der Waals surface area contributed by atoms with Crippen molar-refractivity contribution in [2.75, 3.05) is 48.4 Å². The Kier molecular flexibility index (Phi) is 9.88. The number of aryl methyl sites for hydroxylation is 1. The molecule has 3 aromatic carbocycles. The number of amides is 6. The highest BCUT2D eigenvalue weighted by molar-refractivity contribution is 7.14. The zero-order valence-corrected chi connectivity index (χ0v) is 30.8. The van der Waals surface area contributed by atoms with Gasteiger partial charge in [0.05, 0.1) is 30.0 Å². The van der Waals surface area contributed by atoms with Crippen molar-refractivity contribution >= 4 is 63.8 Å². The quantitative estimate of drug-likeness (QED) is 0.129. The number of fused-ring (bicyclic) bond motifs is 2. The second-order valence-corrected chi connectivity index (χ2v) is 15.1. The molecule has 8 rings (SSSR count). The van der Waals surface area contributed by atoms with Crippen LogP contribution in [0.1, 0.15) is 66.6 Å². The van der Waals surface area contributed by atoms with Crippen LogP contribution in [-0.4, -0.2) is 84.3 Å². The lowest BCUT2D eigenvalue weighted by Crippen LogP contribution is -2.54. The number of thiazole rings is 1. The van der Waals surface area contributed by atoms with Crippen LogP contribution in [0, 0.1) is 12.8 Å². The third kappa shape index (κ3) is 7.44. The predicted octanol–water partition coefficient (Wildman–Crippen LogP) is 4.58. The van der Waals surface area contributed by atoms with Gasteiger partial charge in [0.25, 0.3) is 17.7 Å². The highest BCUT2D eigenvalue weighted by Gasteiger charge is 2.44. The highest BCUT2D eigenvalue weighted by Crippen LogP contribution is 2.39. The van der Waals surface area contributed by atoms with Crippen LogP contribution in [0.15, 0.2) is 60.7 Å². The first-order chi connectivity index (χ1) is 26.6. The molecule has 1 aliphatic carbocycles. The number of imide groups is 2. The first-order valence-electron chi connectivity index (χ1n) is 18.3. The summed E-state index contributed by atoms with van der Waals surface area (Å²) in [5.41, 5.74) is 5.39. The van der Waals surface area contributed by atoms with Crippen molar-refractivity contribution in [3.05, 3.63) is 87.2 Å². The maximum Gasteiger partial charge on any atom is 0.284 e. The van der Waals surface area contributed by atoms with Gasteiger partial charge < -0.3 is 25.0 Å². The summed E-state index contributed by atoms with van der Waals surface area (Å²) in [7, 11) is 0. The second kappa shape index (κ2) is 15.1. The lowest BCUT2D eigenvalue weighted by atomic mass is 10.0. The van der Waals surface area contributed by atoms with Crippen molar-refractivity contribution < 1.29 is 38.2 Å². The van der Waals surface area contributed by atoms with E-state index in [9.17, 15) is 28.8 Å². The Morgan fingerprint density at radius 2 is 1.75 bits per heavy atom. The van der Waals surface area contributed by atoms with E-state index in [1.165, 1.54) is 11.3 Å². The maximum atomic E-state index is 13.2. The third-order valence-electron chi connectivity index (χ3n) is 10.0. The molecule has 1 saturated carbocycles. The molecule has 3 aliphatic heterocycles. The summed E-state index contributed by atoms with van der Waals surface area (Å²) >= 11 is 1.33. The minimum atomic E-state index is -1.01. The molecule has 282 valence electrons. The number of anilines is 3. The smallest absolute Gasteiger partial charge is 0.284 e. The molecular formula is C40H38N6O8S. The number of hydrogen-bond donors (Lipinski definition) is 3. The van der Waals surface area contributed by atoms with Crippen molar-refractivity contribution in [1.82, 2.24) is 15.2 Å². The molecule has 4 aliphatic rings. The minimum absolute atomic E-state index is 0.0601. The lowest BCUT2D eigenvalue weighted by Gasteiger charge is -2.27. The maximum absolute atomic E-state index is 13.2. The number of rotatable bonds is 13. The van der Waals surface area contributed by atoms with E-state index in [1.807, 2.05) is 24.0 Å². The van der Waals surface area contributed by atoms with E-state index < -0.39 is 29.7 Å². The van der Waals surface area contributed by atoms with E-state index in [0.717, 1.165) is 51.5 Å². The summed E-state index contributed by atoms with van der Waals surface area (Å²) in [6, 6.07) is 16.9. The molecule has 6 amide bonds. The normalized spacial score (nSPS) is 17.6. The molecule has 14 nitrogen and oxygen atoms in total. The standard InChI is InChI=1S/C40H38N6O8S/c1-22-34(25-7-10-31-24(19-25)13-15-45(31)38(50)23-5-6-23)44-37(55-22)36(49)42-27-3-2-4-28(20-27)54-18-17-53-16-14-41-26-8-9-29-30(21-26)40(52)46(39(29)51)32-11-12-33(47)43-35(32)48/h2-4,7-10,19-21,23,32,41H,5-6,11-18H2,1H3,(H,42,49)(H,43,47,48). The Bertz CT molecular complexity index is 2250. The van der Waals surface area contributed by atoms with Crippen molar-refractivity contribution in [2.24, 2.45) is 5.92 Å². The van der Waals surface area contributed by atoms with Crippen LogP contribution in [-0.2, 0) is 25.5 Å². The Labute approximate surface area is 320 Å². The molecule has 55 heavy (non-hydrogen) atoms. The molecule has 4 heterocycles. The number of benzene rings is 3. The zero-order chi connectivity index (χ0) is 38.2. The van der Waals surface area contributed by atoms with E-state index in [2.05, 4.69) is 27.0 Å². The number of carbonyl (C=O) groups excluding carboxylic acids is 6. The molecule has 1 atom stereocenters. The van der Waals surface area contributed by atoms with E-state index >= 15 is 0 Å². The molecule has 0 spiro atoms. The number of nitrogens with zero attached hydrogens (tertiary/aromatic N) is 3. The predicted molar refractivity (Wildman–Crippen MR) is 203 cm³/mol. The fraction of sp³-hybridized carbons (Fsp3) is 0.325. The van der Waals surface area contributed by atoms with Crippen LogP contribution in [0.3, 0.4) is 0 Å². The Balaban J connectivity index is 0.781. The first kappa shape index (κ1) is 36.1. The van der Waals surface area contributed by atoms with Crippen LogP contribution in [0.4, 0.5) is 17.1 Å². The van der Waals surface area contributed by atoms with Gasteiger partial charge in [-0.2, -0.15) is 0 Å². The number of carbonyl (C=O) groups is 6. The number of ether oxygens (including phenoxy) is 2. The zero-order valence-electron chi connectivity index (χ0n) is 30.0. The highest BCUT2D eigenvalue weighted by atomic mass is 32.1. The summed E-state index contributed by atoms with van der Waals surface area (Å²) in [6.45, 7) is 3.98. The van der Waals surface area contributed by atoms with Gasteiger partial charge in [-0.1, -0.05) is 12.1 Å². The number of hydrogen-bond acceptors (Lipinski definition) is 11. The fourth-order valence-electron chi connectivity index (χ4n) is 7.11. The van der Waals surface area contributed by atoms with Gasteiger partial charge in [0, 0.05) is 59.0 Å². The van der Waals surface area contributed by atoms with Crippen LogP contribution >= 0.6 is 11.3 Å². The average Bonchev–Trinajstić information content (AvgIpc) is 3.76. The molecule has 1 saturated heterocycles. The van der Waals surface area contributed by atoms with Crippen LogP contribution in [0.2, 0.25) is 0 Å². The monoisotopic (exact) mass is 762 g/mol. The molecule has 0 radical (unpaired) electrons. The second-order valence-electron chi connectivity index (χ2n) is 13.9. The minimum Gasteiger partial charge on any atom is -0.491 e. The SMILES string of the molecule is Cc1sc(C(=O)Nc2cccc(OCCOCCNc3ccc4c(c3)C(=O)N(C3CCC(=O)NC3=O)C4=O)c2)nc1-c1ccc2c(c1)CCN2C(=O)C1CC1. The van der Waals surface area contributed by atoms with Gasteiger partial charge in [0.2, 0.25) is 17.7 Å². The summed E-state index contributed by atoms with van der Waals surface area (Å²) < 4.78 is 11.5. The van der Waals surface area contributed by atoms with E-state index in [-0.39, 0.29) is 48.3 Å². The van der Waals surface area contributed by atoms with Gasteiger partial charge in [-0.3, -0.25) is 39.0 Å². The molecular weight excluding hydrogens is 725 g/mol. The van der Waals surface area contributed by atoms with Gasteiger partial charge in [0.15, 0.2) is 5.01 Å². The van der Waals surface area contributed by atoms with Gasteiger partial charge >= 0.3 is 0 Å². The van der Waals surface area contributed by atoms with E-state index in [1.54, 1.807) is 42.5 Å². The molecule has 2 fully saturated rings. The van der Waals surface area contributed by atoms with Crippen LogP contribution < -0.4 is 25.6 Å². The van der Waals surface area contributed by atoms with Gasteiger partial charge in [0.1, 0.15) is 18.4 Å². The molecule has 15 heteroatoms. The van der Waals surface area contributed by atoms with Crippen molar-refractivity contribution in [2.45, 2.75) is 45.1 Å². The van der Waals surface area contributed by atoms with Gasteiger partial charge in [-0.25, -0.2) is 4.98 Å². The fourth-order valence-corrected chi connectivity index (χ4v) is 7.94. The Morgan fingerprint density at radius 3 is 2.56 bits per heavy atom. The van der Waals surface area contributed by atoms with E-state index in [0.29, 0.717) is 48.4 Å². The van der Waals surface area contributed by atoms with Gasteiger partial charge in [-0.15, -0.1) is 11.3 Å². The average molecular weight is 763 g/mol. The summed E-state index contributed by atoms with van der Waals surface area (Å²) in [5.74, 6) is -1.55. The Hall–Kier alpha value is -5.93. The largest absolute Gasteiger partial charge is 0.491 e. The molecule has 4 aromatic rings. The lowest BCUT2D eigenvalue weighted by molar-refractivity contribution is -0.136. The molecule has 0 bridgehead atoms.